The van der Waals surface area contributed by atoms with Gasteiger partial charge in [-0.2, -0.15) is 0 Å². The number of hydrogen-bond donors (Lipinski definition) is 3. The first-order valence-electron chi connectivity index (χ1n) is 10.9. The van der Waals surface area contributed by atoms with Gasteiger partial charge in [0.25, 0.3) is 0 Å². The number of benzene rings is 2. The van der Waals surface area contributed by atoms with Crippen LogP contribution in [-0.2, 0) is 27.3 Å². The van der Waals surface area contributed by atoms with Gasteiger partial charge in [-0.15, -0.1) is 0 Å². The van der Waals surface area contributed by atoms with Crippen LogP contribution in [0.2, 0.25) is 0 Å². The first-order chi connectivity index (χ1) is 16.1. The average Bonchev–Trinajstić information content (AvgIpc) is 2.79. The molecule has 0 unspecified atom stereocenters. The third-order valence-corrected chi connectivity index (χ3v) is 4.58. The van der Waals surface area contributed by atoms with Gasteiger partial charge in [0, 0.05) is 18.7 Å². The molecule has 0 aliphatic carbocycles. The molecule has 2 aromatic rings. The lowest BCUT2D eigenvalue weighted by molar-refractivity contribution is -0.120. The monoisotopic (exact) mass is 471 g/mol. The van der Waals surface area contributed by atoms with Crippen molar-refractivity contribution in [3.63, 3.8) is 0 Å². The van der Waals surface area contributed by atoms with Crippen LogP contribution in [0.25, 0.3) is 0 Å². The van der Waals surface area contributed by atoms with Gasteiger partial charge in [0.2, 0.25) is 11.8 Å². The van der Waals surface area contributed by atoms with Gasteiger partial charge < -0.3 is 30.2 Å². The van der Waals surface area contributed by atoms with E-state index in [1.807, 2.05) is 24.3 Å². The van der Waals surface area contributed by atoms with Crippen molar-refractivity contribution in [2.75, 3.05) is 26.1 Å². The largest absolute Gasteiger partial charge is 0.493 e. The molecule has 9 nitrogen and oxygen atoms in total. The van der Waals surface area contributed by atoms with Gasteiger partial charge >= 0.3 is 6.09 Å². The van der Waals surface area contributed by atoms with E-state index in [0.717, 1.165) is 11.1 Å². The molecule has 184 valence electrons. The molecular weight excluding hydrogens is 438 g/mol. The Balaban J connectivity index is 1.80. The molecule has 2 aromatic carbocycles. The predicted octanol–water partition coefficient (Wildman–Crippen LogP) is 3.42. The van der Waals surface area contributed by atoms with Crippen molar-refractivity contribution < 1.29 is 28.6 Å². The highest BCUT2D eigenvalue weighted by Gasteiger charge is 2.16. The minimum absolute atomic E-state index is 0.127. The molecule has 3 N–H and O–H groups in total. The van der Waals surface area contributed by atoms with Crippen LogP contribution in [0.3, 0.4) is 0 Å². The van der Waals surface area contributed by atoms with Gasteiger partial charge in [-0.05, 0) is 62.6 Å². The lowest BCUT2D eigenvalue weighted by atomic mass is 10.1. The Morgan fingerprint density at radius 2 is 1.59 bits per heavy atom. The number of aryl methyl sites for hydroxylation is 1. The lowest BCUT2D eigenvalue weighted by Crippen LogP contribution is -2.39. The summed E-state index contributed by atoms with van der Waals surface area (Å²) in [6.45, 7) is 5.30. The molecule has 0 bridgehead atoms. The van der Waals surface area contributed by atoms with Crippen LogP contribution in [0.5, 0.6) is 11.5 Å². The molecule has 0 saturated heterocycles. The standard InChI is InChI=1S/C25H33N3O6/c1-25(2,3)34-24(31)27-16-23(30)26-15-18-7-6-8-19(13-18)28-22(29)12-10-17-9-11-20(32-4)21(14-17)33-5/h6-9,11,13-14H,10,12,15-16H2,1-5H3,(H,26,30)(H,27,31)(H,28,29). The minimum atomic E-state index is -0.652. The van der Waals surface area contributed by atoms with Crippen molar-refractivity contribution in [3.8, 4) is 11.5 Å². The Bertz CT molecular complexity index is 1000. The summed E-state index contributed by atoms with van der Waals surface area (Å²) in [7, 11) is 3.15. The van der Waals surface area contributed by atoms with Gasteiger partial charge in [0.1, 0.15) is 12.1 Å². The fraction of sp³-hybridized carbons (Fsp3) is 0.400. The molecule has 0 atom stereocenters. The number of methoxy groups -OCH3 is 2. The summed E-state index contributed by atoms with van der Waals surface area (Å²) in [6, 6.07) is 12.8. The molecule has 2 rings (SSSR count). The lowest BCUT2D eigenvalue weighted by Gasteiger charge is -2.19. The predicted molar refractivity (Wildman–Crippen MR) is 129 cm³/mol. The van der Waals surface area contributed by atoms with Crippen molar-refractivity contribution in [2.24, 2.45) is 0 Å². The van der Waals surface area contributed by atoms with E-state index in [0.29, 0.717) is 30.0 Å². The van der Waals surface area contributed by atoms with Crippen LogP contribution in [0.15, 0.2) is 42.5 Å². The van der Waals surface area contributed by atoms with Gasteiger partial charge in [-0.3, -0.25) is 9.59 Å². The summed E-state index contributed by atoms with van der Waals surface area (Å²) < 4.78 is 15.6. The van der Waals surface area contributed by atoms with Crippen molar-refractivity contribution in [3.05, 3.63) is 53.6 Å². The summed E-state index contributed by atoms with van der Waals surface area (Å²) in [5.74, 6) is 0.782. The number of alkyl carbamates (subject to hydrolysis) is 1. The van der Waals surface area contributed by atoms with Crippen LogP contribution in [0.1, 0.15) is 38.3 Å². The first-order valence-corrected chi connectivity index (χ1v) is 10.9. The quantitative estimate of drug-likeness (QED) is 0.489. The number of carbonyl (C=O) groups is 3. The molecule has 34 heavy (non-hydrogen) atoms. The van der Waals surface area contributed by atoms with E-state index < -0.39 is 11.7 Å². The molecule has 0 spiro atoms. The minimum Gasteiger partial charge on any atom is -0.493 e. The number of amides is 3. The summed E-state index contributed by atoms with van der Waals surface area (Å²) in [4.78, 5) is 36.0. The Kier molecular flexibility index (Phi) is 9.73. The molecule has 0 radical (unpaired) electrons. The van der Waals surface area contributed by atoms with Gasteiger partial charge in [-0.25, -0.2) is 4.79 Å². The van der Waals surface area contributed by atoms with Crippen molar-refractivity contribution in [1.29, 1.82) is 0 Å². The molecule has 0 aromatic heterocycles. The highest BCUT2D eigenvalue weighted by molar-refractivity contribution is 5.91. The molecule has 0 saturated carbocycles. The fourth-order valence-electron chi connectivity index (χ4n) is 3.01. The highest BCUT2D eigenvalue weighted by atomic mass is 16.6. The fourth-order valence-corrected chi connectivity index (χ4v) is 3.01. The number of ether oxygens (including phenoxy) is 3. The smallest absolute Gasteiger partial charge is 0.408 e. The topological polar surface area (TPSA) is 115 Å². The van der Waals surface area contributed by atoms with E-state index in [1.54, 1.807) is 53.2 Å². The zero-order valence-electron chi connectivity index (χ0n) is 20.3. The summed E-state index contributed by atoms with van der Waals surface area (Å²) in [5.41, 5.74) is 1.77. The van der Waals surface area contributed by atoms with Crippen molar-refractivity contribution >= 4 is 23.6 Å². The Morgan fingerprint density at radius 3 is 2.26 bits per heavy atom. The van der Waals surface area contributed by atoms with Gasteiger partial charge in [0.15, 0.2) is 11.5 Å². The molecule has 9 heteroatoms. The van der Waals surface area contributed by atoms with Gasteiger partial charge in [-0.1, -0.05) is 18.2 Å². The molecule has 0 heterocycles. The second-order valence-corrected chi connectivity index (χ2v) is 8.57. The average molecular weight is 472 g/mol. The number of rotatable bonds is 10. The van der Waals surface area contributed by atoms with Crippen LogP contribution < -0.4 is 25.4 Å². The van der Waals surface area contributed by atoms with E-state index in [2.05, 4.69) is 16.0 Å². The molecule has 0 aliphatic heterocycles. The van der Waals surface area contributed by atoms with Crippen LogP contribution in [0, 0.1) is 0 Å². The molecule has 0 fully saturated rings. The maximum absolute atomic E-state index is 12.4. The van der Waals surface area contributed by atoms with Crippen molar-refractivity contribution in [1.82, 2.24) is 10.6 Å². The zero-order chi connectivity index (χ0) is 25.1. The number of nitrogens with one attached hydrogen (secondary N) is 3. The van der Waals surface area contributed by atoms with E-state index in [9.17, 15) is 14.4 Å². The third kappa shape index (κ3) is 9.40. The second-order valence-electron chi connectivity index (χ2n) is 8.57. The second kappa shape index (κ2) is 12.5. The van der Waals surface area contributed by atoms with E-state index >= 15 is 0 Å². The zero-order valence-corrected chi connectivity index (χ0v) is 20.3. The molecular formula is C25H33N3O6. The van der Waals surface area contributed by atoms with Crippen LogP contribution >= 0.6 is 0 Å². The van der Waals surface area contributed by atoms with Crippen molar-refractivity contribution in [2.45, 2.75) is 45.8 Å². The SMILES string of the molecule is COc1ccc(CCC(=O)Nc2cccc(CNC(=O)CNC(=O)OC(C)(C)C)c2)cc1OC. The summed E-state index contributed by atoms with van der Waals surface area (Å²) in [5, 5.41) is 8.00. The maximum atomic E-state index is 12.4. The van der Waals surface area contributed by atoms with E-state index in [4.69, 9.17) is 14.2 Å². The van der Waals surface area contributed by atoms with Crippen LogP contribution in [0.4, 0.5) is 10.5 Å². The normalized spacial score (nSPS) is 10.7. The summed E-state index contributed by atoms with van der Waals surface area (Å²) in [6.07, 6.45) is 0.194. The van der Waals surface area contributed by atoms with E-state index in [-0.39, 0.29) is 24.9 Å². The Hall–Kier alpha value is -3.75. The number of hydrogen-bond acceptors (Lipinski definition) is 6. The number of anilines is 1. The molecule has 3 amide bonds. The third-order valence-electron chi connectivity index (χ3n) is 4.58. The highest BCUT2D eigenvalue weighted by Crippen LogP contribution is 2.28. The number of carbonyl (C=O) groups excluding carboxylic acids is 3. The van der Waals surface area contributed by atoms with E-state index in [1.165, 1.54) is 0 Å². The maximum Gasteiger partial charge on any atom is 0.408 e. The molecule has 0 aliphatic rings. The Morgan fingerprint density at radius 1 is 0.853 bits per heavy atom. The Labute approximate surface area is 200 Å². The first kappa shape index (κ1) is 26.5. The van der Waals surface area contributed by atoms with Gasteiger partial charge in [0.05, 0.1) is 14.2 Å². The van der Waals surface area contributed by atoms with Crippen LogP contribution in [-0.4, -0.2) is 44.3 Å². The summed E-state index contributed by atoms with van der Waals surface area (Å²) >= 11 is 0.